The van der Waals surface area contributed by atoms with Gasteiger partial charge in [0.2, 0.25) is 0 Å². The maximum absolute atomic E-state index is 13.6. The first kappa shape index (κ1) is 22.9. The lowest BCUT2D eigenvalue weighted by Crippen LogP contribution is -2.21. The summed E-state index contributed by atoms with van der Waals surface area (Å²) in [5.41, 5.74) is -3.59. The molecule has 0 N–H and O–H groups in total. The van der Waals surface area contributed by atoms with Gasteiger partial charge in [0.25, 0.3) is 0 Å². The zero-order valence-corrected chi connectivity index (χ0v) is 16.3. The van der Waals surface area contributed by atoms with E-state index >= 15 is 0 Å². The first-order valence-electron chi connectivity index (χ1n) is 10.0. The molecule has 0 spiro atoms. The Labute approximate surface area is 162 Å². The van der Waals surface area contributed by atoms with Gasteiger partial charge in [0, 0.05) is 0 Å². The maximum Gasteiger partial charge on any atom is 0.420 e. The van der Waals surface area contributed by atoms with Crippen LogP contribution in [0.5, 0.6) is 5.75 Å². The van der Waals surface area contributed by atoms with Crippen molar-refractivity contribution in [3.63, 3.8) is 0 Å². The number of hydrogen-bond acceptors (Lipinski definition) is 1. The van der Waals surface area contributed by atoms with E-state index in [1.165, 1.54) is 13.3 Å². The molecule has 0 radical (unpaired) electrons. The number of rotatable bonds is 7. The van der Waals surface area contributed by atoms with Crippen LogP contribution in [0.2, 0.25) is 0 Å². The third-order valence-electron chi connectivity index (χ3n) is 5.61. The van der Waals surface area contributed by atoms with Gasteiger partial charge in [0.1, 0.15) is 11.3 Å². The normalized spacial score (nSPS) is 21.0. The molecule has 0 atom stereocenters. The van der Waals surface area contributed by atoms with E-state index in [-0.39, 0.29) is 24.5 Å². The Morgan fingerprint density at radius 1 is 0.821 bits per heavy atom. The second-order valence-corrected chi connectivity index (χ2v) is 7.62. The first-order valence-corrected chi connectivity index (χ1v) is 10.0. The van der Waals surface area contributed by atoms with Crippen molar-refractivity contribution in [2.45, 2.75) is 77.6 Å². The van der Waals surface area contributed by atoms with Crippen LogP contribution in [-0.4, -0.2) is 6.61 Å². The molecule has 1 aromatic rings. The van der Waals surface area contributed by atoms with Gasteiger partial charge in [-0.3, -0.25) is 0 Å². The SMILES string of the molecule is CCCC1CCC(CCc2ccc(OCC)c(C(F)(F)F)c2C(F)(F)F)CC1. The van der Waals surface area contributed by atoms with Gasteiger partial charge < -0.3 is 4.74 Å². The van der Waals surface area contributed by atoms with E-state index in [0.717, 1.165) is 44.2 Å². The largest absolute Gasteiger partial charge is 0.493 e. The topological polar surface area (TPSA) is 9.23 Å². The Morgan fingerprint density at radius 3 is 1.82 bits per heavy atom. The average molecular weight is 410 g/mol. The van der Waals surface area contributed by atoms with Crippen LogP contribution in [0.4, 0.5) is 26.3 Å². The van der Waals surface area contributed by atoms with E-state index in [1.807, 2.05) is 0 Å². The smallest absolute Gasteiger partial charge is 0.420 e. The number of halogens is 6. The fourth-order valence-electron chi connectivity index (χ4n) is 4.29. The van der Waals surface area contributed by atoms with Gasteiger partial charge in [-0.2, -0.15) is 26.3 Å². The highest BCUT2D eigenvalue weighted by Gasteiger charge is 2.47. The van der Waals surface area contributed by atoms with E-state index in [9.17, 15) is 26.3 Å². The zero-order valence-electron chi connectivity index (χ0n) is 16.3. The van der Waals surface area contributed by atoms with Crippen LogP contribution in [0.1, 0.15) is 75.5 Å². The molecule has 2 rings (SSSR count). The highest BCUT2D eigenvalue weighted by atomic mass is 19.4. The molecule has 160 valence electrons. The van der Waals surface area contributed by atoms with Gasteiger partial charge >= 0.3 is 12.4 Å². The lowest BCUT2D eigenvalue weighted by molar-refractivity contribution is -0.163. The number of alkyl halides is 6. The van der Waals surface area contributed by atoms with Gasteiger partial charge in [-0.1, -0.05) is 51.5 Å². The molecule has 1 fully saturated rings. The van der Waals surface area contributed by atoms with Crippen molar-refractivity contribution in [3.8, 4) is 5.75 Å². The molecule has 0 saturated heterocycles. The molecular formula is C21H28F6O. The van der Waals surface area contributed by atoms with E-state index in [0.29, 0.717) is 12.3 Å². The molecule has 0 heterocycles. The second kappa shape index (κ2) is 9.40. The highest BCUT2D eigenvalue weighted by Crippen LogP contribution is 2.47. The van der Waals surface area contributed by atoms with Crippen LogP contribution in [0.15, 0.2) is 12.1 Å². The van der Waals surface area contributed by atoms with E-state index < -0.39 is 29.2 Å². The zero-order chi connectivity index (χ0) is 20.9. The van der Waals surface area contributed by atoms with Crippen LogP contribution < -0.4 is 4.74 Å². The van der Waals surface area contributed by atoms with Crippen molar-refractivity contribution in [2.24, 2.45) is 11.8 Å². The summed E-state index contributed by atoms with van der Waals surface area (Å²) < 4.78 is 86.1. The molecular weight excluding hydrogens is 382 g/mol. The van der Waals surface area contributed by atoms with Crippen molar-refractivity contribution in [3.05, 3.63) is 28.8 Å². The lowest BCUT2D eigenvalue weighted by atomic mass is 9.77. The molecule has 0 aromatic heterocycles. The summed E-state index contributed by atoms with van der Waals surface area (Å²) in [4.78, 5) is 0. The molecule has 0 aliphatic heterocycles. The minimum Gasteiger partial charge on any atom is -0.493 e. The van der Waals surface area contributed by atoms with E-state index in [2.05, 4.69) is 6.92 Å². The van der Waals surface area contributed by atoms with Crippen LogP contribution in [0, 0.1) is 11.8 Å². The van der Waals surface area contributed by atoms with Gasteiger partial charge in [-0.05, 0) is 43.2 Å². The maximum atomic E-state index is 13.6. The minimum atomic E-state index is -5.14. The van der Waals surface area contributed by atoms with Gasteiger partial charge in [-0.25, -0.2) is 0 Å². The fraction of sp³-hybridized carbons (Fsp3) is 0.714. The van der Waals surface area contributed by atoms with Crippen molar-refractivity contribution in [1.82, 2.24) is 0 Å². The highest BCUT2D eigenvalue weighted by molar-refractivity contribution is 5.48. The predicted molar refractivity (Wildman–Crippen MR) is 96.3 cm³/mol. The van der Waals surface area contributed by atoms with Crippen molar-refractivity contribution < 1.29 is 31.1 Å². The Morgan fingerprint density at radius 2 is 1.36 bits per heavy atom. The Bertz CT molecular complexity index is 627. The van der Waals surface area contributed by atoms with Gasteiger partial charge in [0.15, 0.2) is 0 Å². The van der Waals surface area contributed by atoms with Crippen LogP contribution in [0.3, 0.4) is 0 Å². The summed E-state index contributed by atoms with van der Waals surface area (Å²) in [6, 6.07) is 2.17. The first-order chi connectivity index (χ1) is 13.1. The summed E-state index contributed by atoms with van der Waals surface area (Å²) in [6.07, 6.45) is -3.47. The third-order valence-corrected chi connectivity index (χ3v) is 5.61. The Kier molecular flexibility index (Phi) is 7.68. The molecule has 1 aromatic carbocycles. The van der Waals surface area contributed by atoms with Crippen LogP contribution >= 0.6 is 0 Å². The molecule has 1 saturated carbocycles. The molecule has 1 aliphatic rings. The van der Waals surface area contributed by atoms with Crippen LogP contribution in [0.25, 0.3) is 0 Å². The molecule has 0 unspecified atom stereocenters. The molecule has 0 bridgehead atoms. The van der Waals surface area contributed by atoms with Gasteiger partial charge in [0.05, 0.1) is 12.2 Å². The number of hydrogen-bond donors (Lipinski definition) is 0. The standard InChI is InChI=1S/C21H28F6O/c1-3-5-14-6-8-15(9-7-14)10-11-16-12-13-17(28-4-2)19(21(25,26)27)18(16)20(22,23)24/h12-15H,3-11H2,1-2H3. The van der Waals surface area contributed by atoms with E-state index in [4.69, 9.17) is 4.74 Å². The minimum absolute atomic E-state index is 0.00651. The monoisotopic (exact) mass is 410 g/mol. The average Bonchev–Trinajstić information content (AvgIpc) is 2.60. The summed E-state index contributed by atoms with van der Waals surface area (Å²) >= 11 is 0. The second-order valence-electron chi connectivity index (χ2n) is 7.62. The van der Waals surface area contributed by atoms with Crippen molar-refractivity contribution in [1.29, 1.82) is 0 Å². The van der Waals surface area contributed by atoms with Crippen LogP contribution in [-0.2, 0) is 18.8 Å². The number of aryl methyl sites for hydroxylation is 1. The molecule has 0 amide bonds. The summed E-state index contributed by atoms with van der Waals surface area (Å²) in [7, 11) is 0. The molecule has 1 aliphatic carbocycles. The quantitative estimate of drug-likeness (QED) is 0.419. The van der Waals surface area contributed by atoms with Crippen molar-refractivity contribution in [2.75, 3.05) is 6.61 Å². The number of benzene rings is 1. The molecule has 7 heteroatoms. The number of ether oxygens (including phenoxy) is 1. The summed E-state index contributed by atoms with van der Waals surface area (Å²) in [6.45, 7) is 3.44. The molecule has 28 heavy (non-hydrogen) atoms. The van der Waals surface area contributed by atoms with Crippen molar-refractivity contribution >= 4 is 0 Å². The summed E-state index contributed by atoms with van der Waals surface area (Å²) in [5.74, 6) is 0.190. The lowest BCUT2D eigenvalue weighted by Gasteiger charge is -2.29. The predicted octanol–water partition coefficient (Wildman–Crippen LogP) is 7.66. The summed E-state index contributed by atoms with van der Waals surface area (Å²) in [5, 5.41) is 0. The molecule has 1 nitrogen and oxygen atoms in total. The van der Waals surface area contributed by atoms with Gasteiger partial charge in [-0.15, -0.1) is 0 Å². The Hall–Kier alpha value is -1.40. The third kappa shape index (κ3) is 5.80. The Balaban J connectivity index is 2.24. The fourth-order valence-corrected chi connectivity index (χ4v) is 4.29. The van der Waals surface area contributed by atoms with E-state index in [1.54, 1.807) is 0 Å².